The Labute approximate surface area is 84.0 Å². The second kappa shape index (κ2) is 5.59. The van der Waals surface area contributed by atoms with E-state index in [9.17, 15) is 9.59 Å². The normalized spacial score (nSPS) is 17.9. The Morgan fingerprint density at radius 3 is 2.50 bits per heavy atom. The Kier molecular flexibility index (Phi) is 4.39. The van der Waals surface area contributed by atoms with E-state index in [0.717, 1.165) is 32.6 Å². The number of hydrogen-bond acceptors (Lipinski definition) is 3. The third-order valence-electron chi connectivity index (χ3n) is 2.30. The lowest BCUT2D eigenvalue weighted by Gasteiger charge is -2.31. The Balaban J connectivity index is 2.21. The van der Waals surface area contributed by atoms with Gasteiger partial charge in [-0.25, -0.2) is 0 Å². The van der Waals surface area contributed by atoms with Gasteiger partial charge in [-0.2, -0.15) is 0 Å². The Bertz CT molecular complexity index is 200. The summed E-state index contributed by atoms with van der Waals surface area (Å²) in [6.07, 6.45) is 0.865. The smallest absolute Gasteiger partial charge is 0.234 e. The molecule has 14 heavy (non-hydrogen) atoms. The quantitative estimate of drug-likeness (QED) is 0.585. The van der Waals surface area contributed by atoms with Gasteiger partial charge in [-0.1, -0.05) is 0 Å². The second-order valence-electron chi connectivity index (χ2n) is 3.37. The van der Waals surface area contributed by atoms with Crippen molar-refractivity contribution in [1.29, 1.82) is 0 Å². The molecule has 1 rings (SSSR count). The van der Waals surface area contributed by atoms with Crippen molar-refractivity contribution >= 4 is 12.3 Å². The lowest BCUT2D eigenvalue weighted by Crippen LogP contribution is -2.48. The molecule has 0 radical (unpaired) electrons. The molecule has 1 aliphatic heterocycles. The van der Waals surface area contributed by atoms with Gasteiger partial charge in [0.05, 0.1) is 6.54 Å². The van der Waals surface area contributed by atoms with Gasteiger partial charge in [0.1, 0.15) is 0 Å². The number of piperazine rings is 1. The highest BCUT2D eigenvalue weighted by molar-refractivity contribution is 5.77. The van der Waals surface area contributed by atoms with E-state index in [2.05, 4.69) is 10.2 Å². The third kappa shape index (κ3) is 3.33. The number of likely N-dealkylation sites (N-methyl/N-ethyl adjacent to an activating group) is 1. The Morgan fingerprint density at radius 1 is 1.36 bits per heavy atom. The van der Waals surface area contributed by atoms with E-state index in [0.29, 0.717) is 13.1 Å². The van der Waals surface area contributed by atoms with Crippen LogP contribution in [0, 0.1) is 0 Å². The molecule has 5 heteroatoms. The zero-order valence-corrected chi connectivity index (χ0v) is 8.53. The van der Waals surface area contributed by atoms with Gasteiger partial charge in [0.2, 0.25) is 12.3 Å². The monoisotopic (exact) mass is 199 g/mol. The molecule has 0 aliphatic carbocycles. The molecular formula is C9H17N3O2. The van der Waals surface area contributed by atoms with E-state index >= 15 is 0 Å². The zero-order valence-electron chi connectivity index (χ0n) is 8.53. The van der Waals surface area contributed by atoms with Crippen LogP contribution in [0.4, 0.5) is 0 Å². The molecule has 1 saturated heterocycles. The minimum Gasteiger partial charge on any atom is -0.355 e. The average Bonchev–Trinajstić information content (AvgIpc) is 2.19. The fourth-order valence-corrected chi connectivity index (χ4v) is 1.48. The van der Waals surface area contributed by atoms with Crippen molar-refractivity contribution in [2.45, 2.75) is 6.92 Å². The van der Waals surface area contributed by atoms with Gasteiger partial charge >= 0.3 is 0 Å². The fraction of sp³-hybridized carbons (Fsp3) is 0.778. The fourth-order valence-electron chi connectivity index (χ4n) is 1.48. The highest BCUT2D eigenvalue weighted by Crippen LogP contribution is 1.98. The van der Waals surface area contributed by atoms with Crippen LogP contribution in [0.25, 0.3) is 0 Å². The summed E-state index contributed by atoms with van der Waals surface area (Å²) in [7, 11) is 0. The van der Waals surface area contributed by atoms with Crippen molar-refractivity contribution in [3.8, 4) is 0 Å². The first kappa shape index (κ1) is 11.0. The molecule has 0 atom stereocenters. The van der Waals surface area contributed by atoms with Crippen LogP contribution in [0.1, 0.15) is 6.92 Å². The number of nitrogens with one attached hydrogen (secondary N) is 1. The molecule has 1 heterocycles. The minimum absolute atomic E-state index is 0.0621. The highest BCUT2D eigenvalue weighted by Gasteiger charge is 2.16. The molecule has 0 bridgehead atoms. The molecular weight excluding hydrogens is 182 g/mol. The van der Waals surface area contributed by atoms with Crippen LogP contribution < -0.4 is 5.32 Å². The van der Waals surface area contributed by atoms with Gasteiger partial charge in [-0.05, 0) is 6.92 Å². The second-order valence-corrected chi connectivity index (χ2v) is 3.37. The van der Waals surface area contributed by atoms with Gasteiger partial charge in [0.25, 0.3) is 0 Å². The van der Waals surface area contributed by atoms with Crippen molar-refractivity contribution in [1.82, 2.24) is 15.1 Å². The molecule has 0 aromatic rings. The largest absolute Gasteiger partial charge is 0.355 e. The summed E-state index contributed by atoms with van der Waals surface area (Å²) < 4.78 is 0. The van der Waals surface area contributed by atoms with Crippen molar-refractivity contribution in [2.75, 3.05) is 39.3 Å². The van der Waals surface area contributed by atoms with Gasteiger partial charge < -0.3 is 10.2 Å². The van der Waals surface area contributed by atoms with Gasteiger partial charge in [-0.3, -0.25) is 14.5 Å². The lowest BCUT2D eigenvalue weighted by atomic mass is 10.3. The van der Waals surface area contributed by atoms with Crippen molar-refractivity contribution in [3.05, 3.63) is 0 Å². The first-order chi connectivity index (χ1) is 6.76. The molecule has 0 aromatic carbocycles. The number of hydrogen-bond donors (Lipinski definition) is 1. The molecule has 2 amide bonds. The van der Waals surface area contributed by atoms with E-state index in [-0.39, 0.29) is 5.91 Å². The number of carbonyl (C=O) groups is 2. The van der Waals surface area contributed by atoms with Gasteiger partial charge in [0, 0.05) is 32.7 Å². The van der Waals surface area contributed by atoms with Gasteiger partial charge in [-0.15, -0.1) is 0 Å². The number of carbonyl (C=O) groups excluding carboxylic acids is 2. The maximum atomic E-state index is 11.2. The first-order valence-corrected chi connectivity index (χ1v) is 4.94. The molecule has 5 nitrogen and oxygen atoms in total. The van der Waals surface area contributed by atoms with E-state index in [1.165, 1.54) is 0 Å². The summed E-state index contributed by atoms with van der Waals surface area (Å²) in [6, 6.07) is 0. The van der Waals surface area contributed by atoms with Crippen LogP contribution in [0.2, 0.25) is 0 Å². The molecule has 1 N–H and O–H groups in total. The van der Waals surface area contributed by atoms with Crippen LogP contribution in [0.3, 0.4) is 0 Å². The van der Waals surface area contributed by atoms with Crippen LogP contribution in [0.5, 0.6) is 0 Å². The summed E-state index contributed by atoms with van der Waals surface area (Å²) in [5, 5.41) is 2.75. The molecule has 1 aliphatic rings. The molecule has 0 aromatic heterocycles. The van der Waals surface area contributed by atoms with E-state index in [4.69, 9.17) is 0 Å². The molecule has 0 unspecified atom stereocenters. The molecule has 0 saturated carbocycles. The van der Waals surface area contributed by atoms with Crippen molar-refractivity contribution in [2.24, 2.45) is 0 Å². The molecule has 1 fully saturated rings. The Morgan fingerprint density at radius 2 is 2.00 bits per heavy atom. The summed E-state index contributed by atoms with van der Waals surface area (Å²) in [6.45, 7) is 6.05. The Hall–Kier alpha value is -1.10. The van der Waals surface area contributed by atoms with Gasteiger partial charge in [0.15, 0.2) is 0 Å². The SMILES string of the molecule is CCNC(=O)CN1CCN(C=O)CC1. The standard InChI is InChI=1S/C9H17N3O2/c1-2-10-9(14)7-11-3-5-12(8-13)6-4-11/h8H,2-7H2,1H3,(H,10,14). The lowest BCUT2D eigenvalue weighted by molar-refractivity contribution is -0.123. The summed E-state index contributed by atoms with van der Waals surface area (Å²) >= 11 is 0. The molecule has 0 spiro atoms. The topological polar surface area (TPSA) is 52.7 Å². The number of rotatable bonds is 4. The summed E-state index contributed by atoms with van der Waals surface area (Å²) in [5.41, 5.74) is 0. The van der Waals surface area contributed by atoms with Crippen LogP contribution in [0.15, 0.2) is 0 Å². The molecule has 80 valence electrons. The number of nitrogens with zero attached hydrogens (tertiary/aromatic N) is 2. The highest BCUT2D eigenvalue weighted by atomic mass is 16.2. The third-order valence-corrected chi connectivity index (χ3v) is 2.30. The minimum atomic E-state index is 0.0621. The van der Waals surface area contributed by atoms with E-state index in [1.807, 2.05) is 6.92 Å². The maximum Gasteiger partial charge on any atom is 0.234 e. The predicted molar refractivity (Wildman–Crippen MR) is 52.8 cm³/mol. The zero-order chi connectivity index (χ0) is 10.4. The van der Waals surface area contributed by atoms with E-state index < -0.39 is 0 Å². The summed E-state index contributed by atoms with van der Waals surface area (Å²) in [4.78, 5) is 25.4. The maximum absolute atomic E-state index is 11.2. The average molecular weight is 199 g/mol. The van der Waals surface area contributed by atoms with Crippen LogP contribution in [-0.2, 0) is 9.59 Å². The van der Waals surface area contributed by atoms with Crippen LogP contribution >= 0.6 is 0 Å². The summed E-state index contributed by atoms with van der Waals surface area (Å²) in [5.74, 6) is 0.0621. The first-order valence-electron chi connectivity index (χ1n) is 4.94. The van der Waals surface area contributed by atoms with Crippen molar-refractivity contribution in [3.63, 3.8) is 0 Å². The van der Waals surface area contributed by atoms with Crippen molar-refractivity contribution < 1.29 is 9.59 Å². The predicted octanol–water partition coefficient (Wildman–Crippen LogP) is -1.10. The van der Waals surface area contributed by atoms with Crippen LogP contribution in [-0.4, -0.2) is 61.4 Å². The number of amides is 2. The van der Waals surface area contributed by atoms with E-state index in [1.54, 1.807) is 4.90 Å².